The Bertz CT molecular complexity index is 2130. The van der Waals surface area contributed by atoms with E-state index in [1.165, 1.54) is 4.90 Å². The summed E-state index contributed by atoms with van der Waals surface area (Å²) >= 11 is 1.57. The van der Waals surface area contributed by atoms with Crippen molar-refractivity contribution in [1.82, 2.24) is 30.7 Å². The standard InChI is InChI=1S/C40H43N7O5S/c1-22(24-10-14-26(15-11-24)34-23(2)42-21-53-34)43-38(51)32-18-28(48)20-47(32)39(52)35(40(3,4)5)44-37(50)27-16-12-25(13-17-27)30-19-31(45-46-36(30)41)29-8-6-7-9-33(29)49/h6-17,19,21-22,28,32,35,48-49H,18,20H2,1-5H3,(H2,41,46)(H,43,51)(H,44,50)/t22-,28+,32-,35+/m0/s1. The Kier molecular flexibility index (Phi) is 10.6. The maximum absolute atomic E-state index is 14.2. The lowest BCUT2D eigenvalue weighted by atomic mass is 9.85. The number of benzene rings is 3. The second-order valence-corrected chi connectivity index (χ2v) is 15.3. The molecule has 4 atom stereocenters. The van der Waals surface area contributed by atoms with Gasteiger partial charge in [0.15, 0.2) is 5.82 Å². The number of para-hydroxylation sites is 1. The summed E-state index contributed by atoms with van der Waals surface area (Å²) in [5.74, 6) is -1.08. The van der Waals surface area contributed by atoms with Crippen LogP contribution < -0.4 is 16.4 Å². The number of nitrogens with two attached hydrogens (primary N) is 1. The topological polar surface area (TPSA) is 184 Å². The summed E-state index contributed by atoms with van der Waals surface area (Å²) in [6, 6.07) is 20.8. The van der Waals surface area contributed by atoms with Crippen molar-refractivity contribution in [3.8, 4) is 38.6 Å². The Hall–Kier alpha value is -5.66. The minimum absolute atomic E-state index is 0.0323. The van der Waals surface area contributed by atoms with Gasteiger partial charge in [-0.05, 0) is 66.3 Å². The summed E-state index contributed by atoms with van der Waals surface area (Å²) < 4.78 is 0. The second-order valence-electron chi connectivity index (χ2n) is 14.4. The fourth-order valence-corrected chi connectivity index (χ4v) is 7.30. The number of hydrogen-bond acceptors (Lipinski definition) is 10. The van der Waals surface area contributed by atoms with Gasteiger partial charge in [-0.2, -0.15) is 0 Å². The molecule has 2 aromatic heterocycles. The molecule has 6 N–H and O–H groups in total. The number of phenolic OH excluding ortho intramolecular Hbond substituents is 1. The number of aryl methyl sites for hydroxylation is 1. The number of amides is 3. The van der Waals surface area contributed by atoms with E-state index < -0.39 is 35.4 Å². The summed E-state index contributed by atoms with van der Waals surface area (Å²) in [7, 11) is 0. The van der Waals surface area contributed by atoms with Gasteiger partial charge in [-0.3, -0.25) is 14.4 Å². The Morgan fingerprint density at radius 1 is 0.943 bits per heavy atom. The summed E-state index contributed by atoms with van der Waals surface area (Å²) in [5.41, 5.74) is 12.6. The molecule has 0 unspecified atom stereocenters. The SMILES string of the molecule is Cc1ncsc1-c1ccc([C@H](C)NC(=O)[C@@H]2C[C@@H](O)CN2C(=O)[C@@H](NC(=O)c2ccc(-c3cc(-c4ccccc4O)nnc3N)cc2)C(C)(C)C)cc1. The second kappa shape index (κ2) is 15.1. The Balaban J connectivity index is 1.15. The van der Waals surface area contributed by atoms with Crippen LogP contribution in [0, 0.1) is 12.3 Å². The lowest BCUT2D eigenvalue weighted by Gasteiger charge is -2.35. The average molecular weight is 734 g/mol. The maximum Gasteiger partial charge on any atom is 0.251 e. The molecule has 1 aliphatic rings. The molecule has 0 radical (unpaired) electrons. The Morgan fingerprint density at radius 3 is 2.26 bits per heavy atom. The summed E-state index contributed by atoms with van der Waals surface area (Å²) in [5, 5.41) is 35.1. The number of hydrogen-bond donors (Lipinski definition) is 5. The van der Waals surface area contributed by atoms with Gasteiger partial charge in [0.2, 0.25) is 11.8 Å². The smallest absolute Gasteiger partial charge is 0.251 e. The number of nitrogens with zero attached hydrogens (tertiary/aromatic N) is 4. The van der Waals surface area contributed by atoms with E-state index in [-0.39, 0.29) is 36.5 Å². The van der Waals surface area contributed by atoms with Gasteiger partial charge < -0.3 is 31.5 Å². The van der Waals surface area contributed by atoms with Gasteiger partial charge in [0.1, 0.15) is 17.8 Å². The van der Waals surface area contributed by atoms with Crippen molar-refractivity contribution in [1.29, 1.82) is 0 Å². The largest absolute Gasteiger partial charge is 0.507 e. The molecule has 5 aromatic rings. The third-order valence-corrected chi connectivity index (χ3v) is 10.5. The van der Waals surface area contributed by atoms with E-state index in [0.29, 0.717) is 27.9 Å². The van der Waals surface area contributed by atoms with Gasteiger partial charge >= 0.3 is 0 Å². The molecule has 3 heterocycles. The maximum atomic E-state index is 14.2. The van der Waals surface area contributed by atoms with Crippen LogP contribution >= 0.6 is 11.3 Å². The predicted molar refractivity (Wildman–Crippen MR) is 205 cm³/mol. The number of aliphatic hydroxyl groups excluding tert-OH is 1. The quantitative estimate of drug-likeness (QED) is 0.130. The first-order valence-electron chi connectivity index (χ1n) is 17.3. The van der Waals surface area contributed by atoms with Crippen molar-refractivity contribution >= 4 is 34.9 Å². The van der Waals surface area contributed by atoms with Crippen molar-refractivity contribution in [3.63, 3.8) is 0 Å². The molecule has 0 spiro atoms. The highest BCUT2D eigenvalue weighted by Crippen LogP contribution is 2.33. The monoisotopic (exact) mass is 733 g/mol. The number of phenols is 1. The van der Waals surface area contributed by atoms with Crippen molar-refractivity contribution < 1.29 is 24.6 Å². The number of rotatable bonds is 9. The van der Waals surface area contributed by atoms with Crippen LogP contribution in [-0.2, 0) is 9.59 Å². The number of carbonyl (C=O) groups excluding carboxylic acids is 3. The number of nitrogen functional groups attached to an aromatic ring is 1. The number of carbonyl (C=O) groups is 3. The fraction of sp³-hybridized carbons (Fsp3) is 0.300. The highest BCUT2D eigenvalue weighted by Gasteiger charge is 2.44. The van der Waals surface area contributed by atoms with Crippen LogP contribution in [0.1, 0.15) is 61.8 Å². The number of aromatic nitrogens is 3. The van der Waals surface area contributed by atoms with E-state index in [9.17, 15) is 24.6 Å². The van der Waals surface area contributed by atoms with Crippen LogP contribution in [0.5, 0.6) is 5.75 Å². The van der Waals surface area contributed by atoms with Crippen LogP contribution in [0.15, 0.2) is 84.4 Å². The first-order valence-corrected chi connectivity index (χ1v) is 18.2. The van der Waals surface area contributed by atoms with Crippen molar-refractivity contribution in [2.75, 3.05) is 12.3 Å². The van der Waals surface area contributed by atoms with Crippen molar-refractivity contribution in [2.45, 2.75) is 65.3 Å². The lowest BCUT2D eigenvalue weighted by molar-refractivity contribution is -0.142. The Morgan fingerprint density at radius 2 is 1.62 bits per heavy atom. The highest BCUT2D eigenvalue weighted by atomic mass is 32.1. The molecule has 0 bridgehead atoms. The molecule has 0 aliphatic carbocycles. The normalized spacial score (nSPS) is 16.9. The molecule has 13 heteroatoms. The van der Waals surface area contributed by atoms with Crippen molar-refractivity contribution in [3.05, 3.63) is 101 Å². The van der Waals surface area contributed by atoms with Crippen molar-refractivity contribution in [2.24, 2.45) is 5.41 Å². The number of aliphatic hydroxyl groups is 1. The third-order valence-electron chi connectivity index (χ3n) is 9.49. The molecule has 1 aliphatic heterocycles. The highest BCUT2D eigenvalue weighted by molar-refractivity contribution is 7.13. The summed E-state index contributed by atoms with van der Waals surface area (Å²) in [6.45, 7) is 9.31. The van der Waals surface area contributed by atoms with E-state index in [0.717, 1.165) is 21.7 Å². The van der Waals surface area contributed by atoms with E-state index in [1.54, 1.807) is 65.9 Å². The molecule has 1 fully saturated rings. The first kappa shape index (κ1) is 37.1. The van der Waals surface area contributed by atoms with Crippen LogP contribution in [0.25, 0.3) is 32.8 Å². The number of likely N-dealkylation sites (tertiary alicyclic amines) is 1. The molecule has 6 rings (SSSR count). The zero-order valence-corrected chi connectivity index (χ0v) is 31.0. The molecule has 1 saturated heterocycles. The van der Waals surface area contributed by atoms with Gasteiger partial charge in [-0.1, -0.05) is 69.3 Å². The zero-order chi connectivity index (χ0) is 38.0. The molecule has 3 aromatic carbocycles. The molecular formula is C40H43N7O5S. The van der Waals surface area contributed by atoms with Crippen LogP contribution in [-0.4, -0.2) is 72.7 Å². The molecule has 53 heavy (non-hydrogen) atoms. The van der Waals surface area contributed by atoms with Crippen LogP contribution in [0.3, 0.4) is 0 Å². The van der Waals surface area contributed by atoms with Gasteiger partial charge in [-0.15, -0.1) is 21.5 Å². The average Bonchev–Trinajstić information content (AvgIpc) is 3.75. The van der Waals surface area contributed by atoms with E-state index in [2.05, 4.69) is 25.8 Å². The molecule has 3 amide bonds. The third kappa shape index (κ3) is 8.06. The van der Waals surface area contributed by atoms with E-state index in [4.69, 9.17) is 5.73 Å². The predicted octanol–water partition coefficient (Wildman–Crippen LogP) is 5.51. The van der Waals surface area contributed by atoms with E-state index >= 15 is 0 Å². The summed E-state index contributed by atoms with van der Waals surface area (Å²) in [6.07, 6.45) is -0.809. The number of nitrogens with one attached hydrogen (secondary N) is 2. The first-order chi connectivity index (χ1) is 25.2. The zero-order valence-electron chi connectivity index (χ0n) is 30.2. The molecular weight excluding hydrogens is 691 g/mol. The van der Waals surface area contributed by atoms with Crippen LogP contribution in [0.2, 0.25) is 0 Å². The van der Waals surface area contributed by atoms with Gasteiger partial charge in [0, 0.05) is 29.7 Å². The minimum atomic E-state index is -1.00. The van der Waals surface area contributed by atoms with Gasteiger partial charge in [0.25, 0.3) is 5.91 Å². The van der Waals surface area contributed by atoms with Gasteiger partial charge in [0.05, 0.1) is 33.9 Å². The van der Waals surface area contributed by atoms with Gasteiger partial charge in [-0.25, -0.2) is 4.98 Å². The minimum Gasteiger partial charge on any atom is -0.507 e. The van der Waals surface area contributed by atoms with Crippen LogP contribution in [0.4, 0.5) is 5.82 Å². The number of aromatic hydroxyl groups is 1. The molecule has 274 valence electrons. The number of thiazole rings is 1. The number of β-amino-alcohol motifs (C(OH)–C–C–N with tert-alkyl or cyclic N) is 1. The van der Waals surface area contributed by atoms with E-state index in [1.807, 2.05) is 64.4 Å². The Labute approximate surface area is 312 Å². The fourth-order valence-electron chi connectivity index (χ4n) is 6.49. The summed E-state index contributed by atoms with van der Waals surface area (Å²) in [4.78, 5) is 48.2. The molecule has 12 nitrogen and oxygen atoms in total. The molecule has 0 saturated carbocycles. The lowest BCUT2D eigenvalue weighted by Crippen LogP contribution is -2.57. The number of anilines is 1.